The molecule has 3 atom stereocenters. The number of nitrogens with one attached hydrogen (secondary N) is 1. The van der Waals surface area contributed by atoms with Gasteiger partial charge in [-0.25, -0.2) is 13.1 Å². The van der Waals surface area contributed by atoms with Crippen molar-refractivity contribution in [2.24, 2.45) is 11.8 Å². The molecule has 21 heavy (non-hydrogen) atoms. The smallest absolute Gasteiger partial charge is 0.258 e. The highest BCUT2D eigenvalue weighted by molar-refractivity contribution is 9.10. The van der Waals surface area contributed by atoms with E-state index < -0.39 is 20.6 Å². The number of hydrogen-bond acceptors (Lipinski definition) is 4. The number of nitro benzene ring substituents is 1. The molecule has 0 amide bonds. The van der Waals surface area contributed by atoms with Crippen molar-refractivity contribution in [3.63, 3.8) is 0 Å². The zero-order chi connectivity index (χ0) is 15.2. The number of nitro groups is 1. The Labute approximate surface area is 131 Å². The average Bonchev–Trinajstić information content (AvgIpc) is 3.00. The van der Waals surface area contributed by atoms with E-state index in [1.54, 1.807) is 0 Å². The van der Waals surface area contributed by atoms with E-state index in [1.807, 2.05) is 0 Å². The predicted octanol–water partition coefficient (Wildman–Crippen LogP) is 2.82. The second kappa shape index (κ2) is 5.33. The minimum Gasteiger partial charge on any atom is -0.258 e. The first-order valence-corrected chi connectivity index (χ1v) is 9.11. The molecule has 2 saturated carbocycles. The Bertz CT molecular complexity index is 691. The molecule has 1 aromatic carbocycles. The Balaban J connectivity index is 1.91. The van der Waals surface area contributed by atoms with Crippen LogP contribution in [-0.2, 0) is 10.0 Å². The monoisotopic (exact) mass is 374 g/mol. The maximum Gasteiger partial charge on any atom is 0.289 e. The molecular weight excluding hydrogens is 360 g/mol. The zero-order valence-corrected chi connectivity index (χ0v) is 13.6. The molecule has 2 fully saturated rings. The van der Waals surface area contributed by atoms with Gasteiger partial charge >= 0.3 is 0 Å². The molecule has 3 rings (SSSR count). The summed E-state index contributed by atoms with van der Waals surface area (Å²) in [5, 5.41) is 11.0. The third-order valence-corrected chi connectivity index (χ3v) is 6.47. The molecular formula is C13H15BrN2O4S. The van der Waals surface area contributed by atoms with Crippen LogP contribution < -0.4 is 4.72 Å². The van der Waals surface area contributed by atoms with E-state index >= 15 is 0 Å². The first-order valence-electron chi connectivity index (χ1n) is 6.83. The lowest BCUT2D eigenvalue weighted by Gasteiger charge is -2.22. The second-order valence-corrected chi connectivity index (χ2v) is 8.37. The number of benzene rings is 1. The number of sulfonamides is 1. The third kappa shape index (κ3) is 2.84. The van der Waals surface area contributed by atoms with Crippen molar-refractivity contribution in [3.05, 3.63) is 32.8 Å². The van der Waals surface area contributed by atoms with Crippen molar-refractivity contribution in [2.75, 3.05) is 0 Å². The van der Waals surface area contributed by atoms with Crippen molar-refractivity contribution in [3.8, 4) is 0 Å². The molecule has 2 bridgehead atoms. The summed E-state index contributed by atoms with van der Waals surface area (Å²) < 4.78 is 28.2. The molecule has 1 N–H and O–H groups in total. The van der Waals surface area contributed by atoms with Crippen LogP contribution in [0.25, 0.3) is 0 Å². The standard InChI is InChI=1S/C13H15BrN2O4S/c14-10-3-4-12(16(17)18)13(7-10)21(19,20)15-11-6-8-1-2-9(11)5-8/h3-4,7-9,11,15H,1-2,5-6H2. The van der Waals surface area contributed by atoms with Crippen LogP contribution in [0.4, 0.5) is 5.69 Å². The molecule has 3 unspecified atom stereocenters. The fraction of sp³-hybridized carbons (Fsp3) is 0.538. The molecule has 6 nitrogen and oxygen atoms in total. The van der Waals surface area contributed by atoms with Crippen LogP contribution >= 0.6 is 15.9 Å². The van der Waals surface area contributed by atoms with Gasteiger partial charge in [-0.05, 0) is 43.2 Å². The van der Waals surface area contributed by atoms with Crippen LogP contribution in [-0.4, -0.2) is 19.4 Å². The Morgan fingerprint density at radius 1 is 1.29 bits per heavy atom. The SMILES string of the molecule is O=[N+]([O-])c1ccc(Br)cc1S(=O)(=O)NC1CC2CCC1C2. The summed E-state index contributed by atoms with van der Waals surface area (Å²) in [5.41, 5.74) is -0.395. The summed E-state index contributed by atoms with van der Waals surface area (Å²) in [6.07, 6.45) is 4.11. The molecule has 0 saturated heterocycles. The Morgan fingerprint density at radius 3 is 2.62 bits per heavy atom. The number of rotatable bonds is 4. The Hall–Kier alpha value is -0.990. The number of fused-ring (bicyclic) bond motifs is 2. The van der Waals surface area contributed by atoms with Crippen LogP contribution in [0.1, 0.15) is 25.7 Å². The molecule has 0 heterocycles. The topological polar surface area (TPSA) is 89.3 Å². The van der Waals surface area contributed by atoms with E-state index in [-0.39, 0.29) is 10.9 Å². The Morgan fingerprint density at radius 2 is 2.05 bits per heavy atom. The van der Waals surface area contributed by atoms with Crippen LogP contribution in [0, 0.1) is 22.0 Å². The van der Waals surface area contributed by atoms with Gasteiger partial charge in [0.15, 0.2) is 4.90 Å². The normalized spacial score (nSPS) is 28.0. The minimum atomic E-state index is -3.89. The first kappa shape index (κ1) is 14.9. The van der Waals surface area contributed by atoms with Gasteiger partial charge in [-0.1, -0.05) is 22.4 Å². The van der Waals surface area contributed by atoms with E-state index in [2.05, 4.69) is 20.7 Å². The van der Waals surface area contributed by atoms with E-state index in [4.69, 9.17) is 0 Å². The van der Waals surface area contributed by atoms with Crippen molar-refractivity contribution in [1.82, 2.24) is 4.72 Å². The molecule has 8 heteroatoms. The van der Waals surface area contributed by atoms with Gasteiger partial charge < -0.3 is 0 Å². The average molecular weight is 375 g/mol. The van der Waals surface area contributed by atoms with Gasteiger partial charge in [0.25, 0.3) is 5.69 Å². The summed E-state index contributed by atoms with van der Waals surface area (Å²) in [7, 11) is -3.89. The summed E-state index contributed by atoms with van der Waals surface area (Å²) in [6.45, 7) is 0. The van der Waals surface area contributed by atoms with Gasteiger partial charge in [-0.2, -0.15) is 0 Å². The highest BCUT2D eigenvalue weighted by Crippen LogP contribution is 2.45. The first-order chi connectivity index (χ1) is 9.87. The largest absolute Gasteiger partial charge is 0.289 e. The summed E-state index contributed by atoms with van der Waals surface area (Å²) in [5.74, 6) is 0.969. The van der Waals surface area contributed by atoms with Gasteiger partial charge in [0.2, 0.25) is 10.0 Å². The molecule has 2 aliphatic rings. The van der Waals surface area contributed by atoms with Crippen molar-refractivity contribution in [1.29, 1.82) is 0 Å². The van der Waals surface area contributed by atoms with Gasteiger partial charge in [-0.3, -0.25) is 10.1 Å². The van der Waals surface area contributed by atoms with E-state index in [1.165, 1.54) is 24.6 Å². The second-order valence-electron chi connectivity index (χ2n) is 5.77. The maximum absolute atomic E-state index is 12.5. The van der Waals surface area contributed by atoms with E-state index in [0.717, 1.165) is 19.3 Å². The molecule has 0 radical (unpaired) electrons. The van der Waals surface area contributed by atoms with Crippen molar-refractivity contribution >= 4 is 31.6 Å². The highest BCUT2D eigenvalue weighted by atomic mass is 79.9. The predicted molar refractivity (Wildman–Crippen MR) is 80.4 cm³/mol. The lowest BCUT2D eigenvalue weighted by Crippen LogP contribution is -2.38. The molecule has 2 aliphatic carbocycles. The van der Waals surface area contributed by atoms with Crippen molar-refractivity contribution in [2.45, 2.75) is 36.6 Å². The fourth-order valence-electron chi connectivity index (χ4n) is 3.51. The van der Waals surface area contributed by atoms with Gasteiger partial charge in [-0.15, -0.1) is 0 Å². The van der Waals surface area contributed by atoms with Crippen LogP contribution in [0.5, 0.6) is 0 Å². The number of halogens is 1. The fourth-order valence-corrected chi connectivity index (χ4v) is 5.53. The summed E-state index contributed by atoms with van der Waals surface area (Å²) in [6, 6.07) is 3.87. The number of hydrogen-bond donors (Lipinski definition) is 1. The zero-order valence-electron chi connectivity index (χ0n) is 11.2. The third-order valence-electron chi connectivity index (χ3n) is 4.45. The summed E-state index contributed by atoms with van der Waals surface area (Å²) in [4.78, 5) is 10.1. The molecule has 0 aliphatic heterocycles. The number of nitrogens with zero attached hydrogens (tertiary/aromatic N) is 1. The van der Waals surface area contributed by atoms with Crippen LogP contribution in [0.15, 0.2) is 27.6 Å². The molecule has 1 aromatic rings. The molecule has 0 aromatic heterocycles. The Kier molecular flexibility index (Phi) is 3.79. The lowest BCUT2D eigenvalue weighted by molar-refractivity contribution is -0.387. The van der Waals surface area contributed by atoms with Gasteiger partial charge in [0.1, 0.15) is 0 Å². The molecule has 114 valence electrons. The summed E-state index contributed by atoms with van der Waals surface area (Å²) >= 11 is 3.17. The lowest BCUT2D eigenvalue weighted by atomic mass is 9.96. The van der Waals surface area contributed by atoms with Crippen molar-refractivity contribution < 1.29 is 13.3 Å². The molecule has 0 spiro atoms. The quantitative estimate of drug-likeness (QED) is 0.647. The van der Waals surface area contributed by atoms with Crippen LogP contribution in [0.2, 0.25) is 0 Å². The van der Waals surface area contributed by atoms with Crippen LogP contribution in [0.3, 0.4) is 0 Å². The van der Waals surface area contributed by atoms with Gasteiger partial charge in [0, 0.05) is 16.6 Å². The van der Waals surface area contributed by atoms with E-state index in [0.29, 0.717) is 16.3 Å². The van der Waals surface area contributed by atoms with Gasteiger partial charge in [0.05, 0.1) is 4.92 Å². The van der Waals surface area contributed by atoms with E-state index in [9.17, 15) is 18.5 Å². The maximum atomic E-state index is 12.5. The minimum absolute atomic E-state index is 0.0904. The highest BCUT2D eigenvalue weighted by Gasteiger charge is 2.42.